The first-order valence-corrected chi connectivity index (χ1v) is 38.6. The average Bonchev–Trinajstić information content (AvgIpc) is 1.57. The molecular weight excluding hydrogens is 1480 g/mol. The molecule has 19 heteroatoms. The third-order valence-corrected chi connectivity index (χ3v) is 20.2. The van der Waals surface area contributed by atoms with Crippen molar-refractivity contribution >= 4 is 0 Å². The minimum Gasteiger partial charge on any atom is -0.268 e. The fourth-order valence-electron chi connectivity index (χ4n) is 14.1. The first kappa shape index (κ1) is 84.5. The molecule has 0 saturated carbocycles. The summed E-state index contributed by atoms with van der Waals surface area (Å²) in [6.07, 6.45) is 5.76. The van der Waals surface area contributed by atoms with E-state index in [-0.39, 0.29) is 34.1 Å². The highest BCUT2D eigenvalue weighted by molar-refractivity contribution is 5.65. The van der Waals surface area contributed by atoms with Gasteiger partial charge in [0.25, 0.3) is 0 Å². The number of rotatable bonds is 20. The van der Waals surface area contributed by atoms with Crippen LogP contribution in [0.5, 0.6) is 0 Å². The van der Waals surface area contributed by atoms with Gasteiger partial charge in [0.1, 0.15) is 52.4 Å². The Morgan fingerprint density at radius 1 is 0.216 bits per heavy atom. The van der Waals surface area contributed by atoms with Crippen LogP contribution >= 0.6 is 0 Å². The van der Waals surface area contributed by atoms with E-state index in [1.807, 2.05) is 179 Å². The maximum atomic E-state index is 14.5. The van der Waals surface area contributed by atoms with E-state index in [2.05, 4.69) is 86.2 Å². The highest BCUT2D eigenvalue weighted by atomic mass is 19.2. The van der Waals surface area contributed by atoms with Crippen LogP contribution in [0.25, 0.3) is 56.3 Å². The topological polar surface area (TPSA) is 89.1 Å². The molecule has 15 rings (SSSR count). The Morgan fingerprint density at radius 2 is 0.474 bits per heavy atom. The Morgan fingerprint density at radius 3 is 0.750 bits per heavy atom. The lowest BCUT2D eigenvalue weighted by atomic mass is 10.00. The number of hydrogen-bond acceptors (Lipinski definition) is 5. The lowest BCUT2D eigenvalue weighted by Crippen LogP contribution is -2.01. The lowest BCUT2D eigenvalue weighted by molar-refractivity contribution is 0.554. The largest absolute Gasteiger partial charge is 0.268 e. The van der Waals surface area contributed by atoms with Gasteiger partial charge in [0.2, 0.25) is 0 Å². The van der Waals surface area contributed by atoms with E-state index < -0.39 is 34.9 Å². The highest BCUT2D eigenvalue weighted by Crippen LogP contribution is 2.31. The maximum absolute atomic E-state index is 14.5. The molecule has 10 nitrogen and oxygen atoms in total. The van der Waals surface area contributed by atoms with E-state index in [0.717, 1.165) is 127 Å². The molecule has 5 aromatic heterocycles. The predicted octanol–water partition coefficient (Wildman–Crippen LogP) is 22.8. The van der Waals surface area contributed by atoms with Crippen molar-refractivity contribution in [2.24, 2.45) is 35.2 Å². The average molecular weight is 1570 g/mol. The van der Waals surface area contributed by atoms with Crippen LogP contribution in [0.3, 0.4) is 0 Å². The van der Waals surface area contributed by atoms with Crippen LogP contribution in [-0.4, -0.2) is 48.9 Å². The van der Waals surface area contributed by atoms with Gasteiger partial charge in [-0.05, 0) is 275 Å². The summed E-state index contributed by atoms with van der Waals surface area (Å²) in [4.78, 5) is 0. The Balaban J connectivity index is 0.000000143. The van der Waals surface area contributed by atoms with Crippen molar-refractivity contribution in [1.82, 2.24) is 48.9 Å². The SMILES string of the molecule is Cc1cc(-c2ccc(CCc3c(F)cccc3F)cc2)n(C)n1.Cc1cc(-c2ccc(CCc3c(F)cccc3F)cc2)n(C)n1.Cc1cc(-c2ccc(CCc3ccccc3F)cc2)n(C)n1.Cc1ccc(CCc2cc(F)c(-c3cc(C)nn3C)c(F)c2)c(F)c1.Cc1ccc(CCc2ccc(-c3cc(C)nn3C)cc2)c(F)c1. The molecule has 0 spiro atoms. The molecule has 116 heavy (non-hydrogen) atoms. The summed E-state index contributed by atoms with van der Waals surface area (Å²) in [5, 5.41) is 21.6. The predicted molar refractivity (Wildman–Crippen MR) is 445 cm³/mol. The van der Waals surface area contributed by atoms with Gasteiger partial charge in [-0.15, -0.1) is 0 Å². The highest BCUT2D eigenvalue weighted by Gasteiger charge is 2.19. The standard InChI is InChI=1S/C20H19F3N2.C20H21FN2.2C19H18F2N2.C19H19FN2/c1-12-4-6-15(16(21)8-12)7-5-14-10-17(22)20(18(23)11-14)19-9-13(2)24-25(19)3;1-14-4-8-17(19(21)12-14)9-5-16-6-10-18(11-7-16)20-13-15(2)22-23(20)3;2*1-13-12-19(23(2)22-13)15-9-6-14(7-10-15)8-11-16-17(20)4-3-5-18(16)21;1-14-13-19(22(2)21-14)17-11-8-15(9-12-17)7-10-16-5-3-4-6-18(16)20/h4,6,8-11H,5,7H2,1-3H3;4,6-8,10-13H,5,9H2,1-3H3;2*3-7,9-10,12H,8,11H2,1-2H3;3-6,8-9,11-13H,7,10H2,1-2H3. The van der Waals surface area contributed by atoms with Gasteiger partial charge in [-0.3, -0.25) is 23.4 Å². The summed E-state index contributed by atoms with van der Waals surface area (Å²) >= 11 is 0. The summed E-state index contributed by atoms with van der Waals surface area (Å²) in [6.45, 7) is 13.4. The molecular formula is C97H95F9N10. The van der Waals surface area contributed by atoms with Crippen molar-refractivity contribution in [2.45, 2.75) is 113 Å². The molecule has 5 heterocycles. The summed E-state index contributed by atoms with van der Waals surface area (Å²) in [5.41, 5.74) is 23.0. The summed E-state index contributed by atoms with van der Waals surface area (Å²) in [7, 11) is 9.38. The smallest absolute Gasteiger partial charge is 0.135 e. The van der Waals surface area contributed by atoms with E-state index in [1.165, 1.54) is 76.5 Å². The molecule has 0 N–H and O–H groups in total. The maximum Gasteiger partial charge on any atom is 0.135 e. The zero-order valence-corrected chi connectivity index (χ0v) is 67.5. The van der Waals surface area contributed by atoms with Gasteiger partial charge in [0.05, 0.1) is 62.5 Å². The van der Waals surface area contributed by atoms with Gasteiger partial charge in [-0.1, -0.05) is 152 Å². The molecule has 0 atom stereocenters. The number of aryl methyl sites for hydroxylation is 20. The molecule has 0 fully saturated rings. The van der Waals surface area contributed by atoms with Crippen molar-refractivity contribution in [2.75, 3.05) is 0 Å². The molecule has 0 aliphatic rings. The second-order valence-electron chi connectivity index (χ2n) is 29.4. The van der Waals surface area contributed by atoms with Crippen LogP contribution in [0.4, 0.5) is 39.5 Å². The van der Waals surface area contributed by atoms with Crippen molar-refractivity contribution in [3.63, 3.8) is 0 Å². The number of benzene rings is 10. The molecule has 0 unspecified atom stereocenters. The second-order valence-corrected chi connectivity index (χ2v) is 29.4. The van der Waals surface area contributed by atoms with E-state index >= 15 is 0 Å². The van der Waals surface area contributed by atoms with Crippen LogP contribution < -0.4 is 0 Å². The summed E-state index contributed by atoms with van der Waals surface area (Å²) in [5.74, 6) is -3.71. The number of aromatic nitrogens is 10. The molecule has 0 saturated heterocycles. The Hall–Kier alpha value is -12.4. The monoisotopic (exact) mass is 1570 g/mol. The Kier molecular flexibility index (Phi) is 28.5. The Labute approximate surface area is 673 Å². The molecule has 0 aliphatic heterocycles. The summed E-state index contributed by atoms with van der Waals surface area (Å²) < 4.78 is 134. The molecule has 10 aromatic carbocycles. The fourth-order valence-corrected chi connectivity index (χ4v) is 14.1. The van der Waals surface area contributed by atoms with Gasteiger partial charge in [0, 0.05) is 46.4 Å². The van der Waals surface area contributed by atoms with Crippen molar-refractivity contribution < 1.29 is 39.5 Å². The van der Waals surface area contributed by atoms with Crippen LogP contribution in [0.15, 0.2) is 237 Å². The third-order valence-electron chi connectivity index (χ3n) is 20.2. The zero-order valence-electron chi connectivity index (χ0n) is 67.5. The first-order chi connectivity index (χ1) is 55.6. The van der Waals surface area contributed by atoms with E-state index in [1.54, 1.807) is 38.2 Å². The van der Waals surface area contributed by atoms with E-state index in [9.17, 15) is 39.5 Å². The normalized spacial score (nSPS) is 11.0. The van der Waals surface area contributed by atoms with Gasteiger partial charge in [-0.25, -0.2) is 39.5 Å². The molecule has 0 amide bonds. The lowest BCUT2D eigenvalue weighted by Gasteiger charge is -2.09. The number of halogens is 9. The van der Waals surface area contributed by atoms with Crippen LogP contribution in [0.2, 0.25) is 0 Å². The minimum atomic E-state index is -0.637. The van der Waals surface area contributed by atoms with Gasteiger partial charge in [-0.2, -0.15) is 25.5 Å². The minimum absolute atomic E-state index is 0.0895. The number of hydrogen-bond donors (Lipinski definition) is 0. The quantitative estimate of drug-likeness (QED) is 0.0709. The van der Waals surface area contributed by atoms with Crippen LogP contribution in [0, 0.1) is 101 Å². The van der Waals surface area contributed by atoms with E-state index in [4.69, 9.17) is 0 Å². The molecule has 0 bridgehead atoms. The molecule has 0 radical (unpaired) electrons. The zero-order chi connectivity index (χ0) is 82.9. The number of nitrogens with zero attached hydrogens (tertiary/aromatic N) is 10. The van der Waals surface area contributed by atoms with Gasteiger partial charge < -0.3 is 0 Å². The van der Waals surface area contributed by atoms with Crippen molar-refractivity contribution in [1.29, 1.82) is 0 Å². The van der Waals surface area contributed by atoms with Crippen LogP contribution in [0.1, 0.15) is 95.2 Å². The van der Waals surface area contributed by atoms with Gasteiger partial charge in [0.15, 0.2) is 0 Å². The fraction of sp³-hybridized carbons (Fsp3) is 0.227. The van der Waals surface area contributed by atoms with E-state index in [0.29, 0.717) is 61.0 Å². The van der Waals surface area contributed by atoms with Crippen LogP contribution in [-0.2, 0) is 99.4 Å². The molecule has 0 aliphatic carbocycles. The van der Waals surface area contributed by atoms with Gasteiger partial charge >= 0.3 is 0 Å². The van der Waals surface area contributed by atoms with Crippen molar-refractivity contribution in [3.05, 3.63) is 384 Å². The summed E-state index contributed by atoms with van der Waals surface area (Å²) in [6, 6.07) is 70.8. The first-order valence-electron chi connectivity index (χ1n) is 38.6. The third kappa shape index (κ3) is 22.5. The molecule has 596 valence electrons. The molecule has 15 aromatic rings. The van der Waals surface area contributed by atoms with Crippen molar-refractivity contribution in [3.8, 4) is 56.3 Å². The Bertz CT molecular complexity index is 5610. The second kappa shape index (κ2) is 39.1.